The maximum absolute atomic E-state index is 11.7. The van der Waals surface area contributed by atoms with E-state index in [1.165, 1.54) is 5.56 Å². The van der Waals surface area contributed by atoms with Crippen LogP contribution in [-0.2, 0) is 22.4 Å². The predicted molar refractivity (Wildman–Crippen MR) is 128 cm³/mol. The summed E-state index contributed by atoms with van der Waals surface area (Å²) in [5.74, 6) is 0.800. The van der Waals surface area contributed by atoms with E-state index in [2.05, 4.69) is 10.6 Å². The molecule has 0 aromatic heterocycles. The van der Waals surface area contributed by atoms with Gasteiger partial charge in [-0.2, -0.15) is 0 Å². The summed E-state index contributed by atoms with van der Waals surface area (Å²) in [5.41, 5.74) is 1.76. The first-order valence-electron chi connectivity index (χ1n) is 11.4. The number of alkyl carbamates (subject to hydrolysis) is 2. The zero-order valence-electron chi connectivity index (χ0n) is 19.9. The minimum absolute atomic E-state index is 0.387. The standard InChI is InChI=1S/C26H36N2O5/c1-26(2,3)33-25(30)27-17-9-19-31-23-15-13-21(14-16-23)10-7-8-18-32-24(29)28-20-22-11-5-4-6-12-22/h4-6,11-16H,7-10,17-20H2,1-3H3,(H,27,30)(H,28,29). The first-order valence-corrected chi connectivity index (χ1v) is 11.4. The van der Waals surface area contributed by atoms with Crippen molar-refractivity contribution in [3.63, 3.8) is 0 Å². The van der Waals surface area contributed by atoms with Gasteiger partial charge in [0.15, 0.2) is 0 Å². The summed E-state index contributed by atoms with van der Waals surface area (Å²) in [6, 6.07) is 17.7. The van der Waals surface area contributed by atoms with Gasteiger partial charge in [0.1, 0.15) is 11.4 Å². The van der Waals surface area contributed by atoms with Crippen LogP contribution in [0.25, 0.3) is 0 Å². The number of aryl methyl sites for hydroxylation is 1. The van der Waals surface area contributed by atoms with Crippen molar-refractivity contribution in [1.82, 2.24) is 10.6 Å². The third kappa shape index (κ3) is 12.4. The van der Waals surface area contributed by atoms with Gasteiger partial charge in [0.25, 0.3) is 0 Å². The smallest absolute Gasteiger partial charge is 0.407 e. The molecule has 0 aliphatic heterocycles. The van der Waals surface area contributed by atoms with Gasteiger partial charge in [-0.15, -0.1) is 0 Å². The number of nitrogens with one attached hydrogen (secondary N) is 2. The lowest BCUT2D eigenvalue weighted by molar-refractivity contribution is 0.0525. The van der Waals surface area contributed by atoms with Crippen LogP contribution < -0.4 is 15.4 Å². The highest BCUT2D eigenvalue weighted by atomic mass is 16.6. The quantitative estimate of drug-likeness (QED) is 0.427. The normalized spacial score (nSPS) is 10.9. The van der Waals surface area contributed by atoms with E-state index in [-0.39, 0.29) is 6.09 Å². The summed E-state index contributed by atoms with van der Waals surface area (Å²) in [6.07, 6.45) is 2.55. The number of hydrogen-bond donors (Lipinski definition) is 2. The molecular weight excluding hydrogens is 420 g/mol. The number of carbonyl (C=O) groups excluding carboxylic acids is 2. The molecule has 0 aliphatic rings. The van der Waals surface area contributed by atoms with Gasteiger partial charge in [0, 0.05) is 13.1 Å². The summed E-state index contributed by atoms with van der Waals surface area (Å²) in [4.78, 5) is 23.3. The number of benzene rings is 2. The highest BCUT2D eigenvalue weighted by molar-refractivity contribution is 5.67. The van der Waals surface area contributed by atoms with Gasteiger partial charge in [-0.3, -0.25) is 0 Å². The van der Waals surface area contributed by atoms with Crippen LogP contribution in [0.15, 0.2) is 54.6 Å². The molecule has 0 unspecified atom stereocenters. The van der Waals surface area contributed by atoms with Crippen LogP contribution in [0.3, 0.4) is 0 Å². The fraction of sp³-hybridized carbons (Fsp3) is 0.462. The molecule has 0 bridgehead atoms. The lowest BCUT2D eigenvalue weighted by Crippen LogP contribution is -2.33. The van der Waals surface area contributed by atoms with Gasteiger partial charge >= 0.3 is 12.2 Å². The van der Waals surface area contributed by atoms with Gasteiger partial charge in [0.2, 0.25) is 0 Å². The van der Waals surface area contributed by atoms with Crippen LogP contribution in [0.4, 0.5) is 9.59 Å². The zero-order chi connectivity index (χ0) is 23.9. The third-order valence-corrected chi connectivity index (χ3v) is 4.55. The van der Waals surface area contributed by atoms with Gasteiger partial charge in [-0.05, 0) is 69.7 Å². The topological polar surface area (TPSA) is 85.9 Å². The molecule has 7 heteroatoms. The Morgan fingerprint density at radius 3 is 2.21 bits per heavy atom. The number of amides is 2. The minimum atomic E-state index is -0.494. The molecule has 0 radical (unpaired) electrons. The highest BCUT2D eigenvalue weighted by Gasteiger charge is 2.15. The number of unbranched alkanes of at least 4 members (excludes halogenated alkanes) is 1. The number of carbonyl (C=O) groups is 2. The SMILES string of the molecule is CC(C)(C)OC(=O)NCCCOc1ccc(CCCCOC(=O)NCc2ccccc2)cc1. The van der Waals surface area contributed by atoms with Gasteiger partial charge in [-0.1, -0.05) is 42.5 Å². The largest absolute Gasteiger partial charge is 0.494 e. The van der Waals surface area contributed by atoms with Crippen molar-refractivity contribution in [1.29, 1.82) is 0 Å². The lowest BCUT2D eigenvalue weighted by atomic mass is 10.1. The molecule has 0 aliphatic carbocycles. The third-order valence-electron chi connectivity index (χ3n) is 4.55. The van der Waals surface area contributed by atoms with Crippen LogP contribution in [0.5, 0.6) is 5.75 Å². The van der Waals surface area contributed by atoms with E-state index in [0.29, 0.717) is 32.7 Å². The van der Waals surface area contributed by atoms with Crippen LogP contribution in [0.2, 0.25) is 0 Å². The molecule has 0 saturated heterocycles. The average molecular weight is 457 g/mol. The van der Waals surface area contributed by atoms with E-state index in [0.717, 1.165) is 30.6 Å². The Hall–Kier alpha value is -3.22. The van der Waals surface area contributed by atoms with Gasteiger partial charge in [0.05, 0.1) is 13.2 Å². The van der Waals surface area contributed by atoms with E-state index in [1.807, 2.05) is 75.4 Å². The average Bonchev–Trinajstić information content (AvgIpc) is 2.77. The monoisotopic (exact) mass is 456 g/mol. The maximum Gasteiger partial charge on any atom is 0.407 e. The molecule has 180 valence electrons. The first kappa shape index (κ1) is 26.0. The molecule has 0 saturated carbocycles. The van der Waals surface area contributed by atoms with E-state index >= 15 is 0 Å². The lowest BCUT2D eigenvalue weighted by Gasteiger charge is -2.19. The highest BCUT2D eigenvalue weighted by Crippen LogP contribution is 2.14. The summed E-state index contributed by atoms with van der Waals surface area (Å²) >= 11 is 0. The van der Waals surface area contributed by atoms with Crippen molar-refractivity contribution in [3.8, 4) is 5.75 Å². The second-order valence-corrected chi connectivity index (χ2v) is 8.71. The second-order valence-electron chi connectivity index (χ2n) is 8.71. The van der Waals surface area contributed by atoms with Crippen LogP contribution in [0.1, 0.15) is 51.2 Å². The predicted octanol–water partition coefficient (Wildman–Crippen LogP) is 5.23. The Labute approximate surface area is 196 Å². The van der Waals surface area contributed by atoms with Crippen LogP contribution in [0, 0.1) is 0 Å². The van der Waals surface area contributed by atoms with E-state index in [9.17, 15) is 9.59 Å². The van der Waals surface area contributed by atoms with Crippen molar-refractivity contribution in [2.24, 2.45) is 0 Å². The van der Waals surface area contributed by atoms with Crippen molar-refractivity contribution >= 4 is 12.2 Å². The molecule has 2 N–H and O–H groups in total. The van der Waals surface area contributed by atoms with Gasteiger partial charge < -0.3 is 24.8 Å². The van der Waals surface area contributed by atoms with Crippen molar-refractivity contribution in [2.75, 3.05) is 19.8 Å². The van der Waals surface area contributed by atoms with Crippen molar-refractivity contribution < 1.29 is 23.8 Å². The Morgan fingerprint density at radius 1 is 0.788 bits per heavy atom. The second kappa shape index (κ2) is 14.0. The molecule has 2 amide bonds. The molecule has 2 rings (SSSR count). The zero-order valence-corrected chi connectivity index (χ0v) is 19.9. The summed E-state index contributed by atoms with van der Waals surface area (Å²) < 4.78 is 16.1. The number of hydrogen-bond acceptors (Lipinski definition) is 5. The van der Waals surface area contributed by atoms with E-state index in [4.69, 9.17) is 14.2 Å². The summed E-state index contributed by atoms with van der Waals surface area (Å²) in [5, 5.41) is 5.46. The fourth-order valence-electron chi connectivity index (χ4n) is 2.94. The van der Waals surface area contributed by atoms with Gasteiger partial charge in [-0.25, -0.2) is 9.59 Å². The maximum atomic E-state index is 11.7. The number of ether oxygens (including phenoxy) is 3. The Bertz CT molecular complexity index is 832. The Balaban J connectivity index is 1.50. The molecular formula is C26H36N2O5. The Morgan fingerprint density at radius 2 is 1.52 bits per heavy atom. The summed E-state index contributed by atoms with van der Waals surface area (Å²) in [6.45, 7) is 7.38. The minimum Gasteiger partial charge on any atom is -0.494 e. The molecule has 33 heavy (non-hydrogen) atoms. The van der Waals surface area contributed by atoms with Crippen molar-refractivity contribution in [3.05, 3.63) is 65.7 Å². The summed E-state index contributed by atoms with van der Waals surface area (Å²) in [7, 11) is 0. The molecule has 2 aromatic rings. The molecule has 7 nitrogen and oxygen atoms in total. The van der Waals surface area contributed by atoms with Crippen LogP contribution in [-0.4, -0.2) is 37.5 Å². The van der Waals surface area contributed by atoms with Crippen LogP contribution >= 0.6 is 0 Å². The molecule has 2 aromatic carbocycles. The molecule has 0 spiro atoms. The molecule has 0 heterocycles. The number of rotatable bonds is 12. The Kier molecular flexibility index (Phi) is 11.1. The fourth-order valence-corrected chi connectivity index (χ4v) is 2.94. The van der Waals surface area contributed by atoms with E-state index < -0.39 is 11.7 Å². The molecule has 0 fully saturated rings. The van der Waals surface area contributed by atoms with E-state index in [1.54, 1.807) is 0 Å². The first-order chi connectivity index (χ1) is 15.8. The van der Waals surface area contributed by atoms with Crippen molar-refractivity contribution in [2.45, 2.75) is 58.6 Å². The molecule has 0 atom stereocenters.